The summed E-state index contributed by atoms with van der Waals surface area (Å²) in [5, 5.41) is 5.36. The minimum Gasteiger partial charge on any atom is -0.475 e. The fourth-order valence-electron chi connectivity index (χ4n) is 3.26. The quantitative estimate of drug-likeness (QED) is 0.469. The molecule has 1 amide bonds. The first-order valence-electron chi connectivity index (χ1n) is 9.82. The highest BCUT2D eigenvalue weighted by Crippen LogP contribution is 2.35. The van der Waals surface area contributed by atoms with Gasteiger partial charge in [0.05, 0.1) is 12.6 Å². The Bertz CT molecular complexity index is 955. The molecule has 1 aromatic heterocycles. The Labute approximate surface area is 181 Å². The molecule has 6 nitrogen and oxygen atoms in total. The van der Waals surface area contributed by atoms with Crippen molar-refractivity contribution >= 4 is 5.91 Å². The predicted molar refractivity (Wildman–Crippen MR) is 105 cm³/mol. The number of alkyl halides is 4. The van der Waals surface area contributed by atoms with E-state index in [4.69, 9.17) is 9.47 Å². The second-order valence-corrected chi connectivity index (χ2v) is 7.25. The maximum absolute atomic E-state index is 14.3. The molecule has 1 aliphatic rings. The van der Waals surface area contributed by atoms with Gasteiger partial charge in [0.2, 0.25) is 11.8 Å². The molecule has 0 saturated carbocycles. The van der Waals surface area contributed by atoms with Gasteiger partial charge in [-0.2, -0.15) is 13.2 Å². The number of hydrogen-bond acceptors (Lipinski definition) is 5. The summed E-state index contributed by atoms with van der Waals surface area (Å²) in [6, 6.07) is 5.09. The Morgan fingerprint density at radius 3 is 2.69 bits per heavy atom. The molecule has 2 atom stereocenters. The van der Waals surface area contributed by atoms with Crippen LogP contribution in [-0.4, -0.2) is 50.0 Å². The molecule has 174 valence electrons. The number of carbonyl (C=O) groups excluding carboxylic acids is 1. The number of carbonyl (C=O) groups is 1. The van der Waals surface area contributed by atoms with Crippen LogP contribution < -0.4 is 15.4 Å². The van der Waals surface area contributed by atoms with E-state index in [2.05, 4.69) is 15.6 Å². The summed E-state index contributed by atoms with van der Waals surface area (Å²) in [5.74, 6) is -1.39. The van der Waals surface area contributed by atoms with Gasteiger partial charge in [-0.3, -0.25) is 4.79 Å². The Balaban J connectivity index is 1.83. The zero-order valence-corrected chi connectivity index (χ0v) is 17.1. The highest BCUT2D eigenvalue weighted by atomic mass is 19.4. The zero-order chi connectivity index (χ0) is 23.3. The van der Waals surface area contributed by atoms with Crippen LogP contribution in [0.15, 0.2) is 30.3 Å². The average Bonchev–Trinajstić information content (AvgIpc) is 3.17. The minimum atomic E-state index is -4.68. The van der Waals surface area contributed by atoms with Crippen LogP contribution in [0.2, 0.25) is 0 Å². The fourth-order valence-corrected chi connectivity index (χ4v) is 3.26. The molecule has 32 heavy (non-hydrogen) atoms. The molecule has 1 aliphatic heterocycles. The van der Waals surface area contributed by atoms with Crippen molar-refractivity contribution in [2.24, 2.45) is 0 Å². The highest BCUT2D eigenvalue weighted by molar-refractivity contribution is 5.82. The number of aromatic nitrogens is 1. The van der Waals surface area contributed by atoms with Crippen molar-refractivity contribution in [3.8, 4) is 17.0 Å². The number of nitrogens with zero attached hydrogens (tertiary/aromatic N) is 1. The van der Waals surface area contributed by atoms with Crippen molar-refractivity contribution < 1.29 is 36.2 Å². The maximum Gasteiger partial charge on any atom is 0.433 e. The minimum absolute atomic E-state index is 0.0490. The van der Waals surface area contributed by atoms with Crippen molar-refractivity contribution in [3.05, 3.63) is 47.4 Å². The molecule has 2 aromatic rings. The van der Waals surface area contributed by atoms with Crippen LogP contribution in [0.4, 0.5) is 22.0 Å². The second-order valence-electron chi connectivity index (χ2n) is 7.25. The molecule has 2 heterocycles. The topological polar surface area (TPSA) is 72.5 Å². The van der Waals surface area contributed by atoms with Gasteiger partial charge in [0.1, 0.15) is 24.3 Å². The van der Waals surface area contributed by atoms with Crippen molar-refractivity contribution in [1.29, 1.82) is 0 Å². The number of pyridine rings is 1. The summed E-state index contributed by atoms with van der Waals surface area (Å²) in [6.45, 7) is 0.106. The summed E-state index contributed by atoms with van der Waals surface area (Å²) < 4.78 is 76.9. The first kappa shape index (κ1) is 23.9. The van der Waals surface area contributed by atoms with Crippen LogP contribution >= 0.6 is 0 Å². The standard InChI is InChI=1S/C21H22F5N3O3/c1-31-4-5-32-20-16(2-3-18(29-20)21(24,25)26)13-6-12(7-14(22)8-13)10-28-19(30)17-9-15(23)11-27-17/h2-3,6-8,15,17,27H,4-5,9-11H2,1H3,(H,28,30)/t15-,17+/m1/s1. The van der Waals surface area contributed by atoms with Crippen LogP contribution in [0.1, 0.15) is 17.7 Å². The number of ether oxygens (including phenoxy) is 2. The van der Waals surface area contributed by atoms with E-state index in [0.717, 1.165) is 18.2 Å². The number of rotatable bonds is 8. The number of halogens is 5. The van der Waals surface area contributed by atoms with Gasteiger partial charge in [-0.05, 0) is 41.5 Å². The number of hydrogen-bond donors (Lipinski definition) is 2. The molecule has 3 rings (SSSR count). The lowest BCUT2D eigenvalue weighted by Gasteiger charge is -2.15. The molecule has 2 N–H and O–H groups in total. The van der Waals surface area contributed by atoms with Crippen molar-refractivity contribution in [1.82, 2.24) is 15.6 Å². The maximum atomic E-state index is 14.3. The van der Waals surface area contributed by atoms with Crippen LogP contribution in [0.5, 0.6) is 5.88 Å². The number of methoxy groups -OCH3 is 1. The molecule has 1 aromatic carbocycles. The first-order chi connectivity index (χ1) is 15.2. The third-order valence-corrected chi connectivity index (χ3v) is 4.81. The smallest absolute Gasteiger partial charge is 0.433 e. The van der Waals surface area contributed by atoms with Gasteiger partial charge in [-0.15, -0.1) is 0 Å². The summed E-state index contributed by atoms with van der Waals surface area (Å²) in [5.41, 5.74) is -0.400. The van der Waals surface area contributed by atoms with Gasteiger partial charge in [0, 0.05) is 32.2 Å². The highest BCUT2D eigenvalue weighted by Gasteiger charge is 2.33. The molecular weight excluding hydrogens is 437 g/mol. The van der Waals surface area contributed by atoms with E-state index >= 15 is 0 Å². The molecule has 1 saturated heterocycles. The van der Waals surface area contributed by atoms with Crippen molar-refractivity contribution in [2.45, 2.75) is 31.4 Å². The van der Waals surface area contributed by atoms with E-state index in [-0.39, 0.29) is 49.7 Å². The van der Waals surface area contributed by atoms with Crippen LogP contribution in [0, 0.1) is 5.82 Å². The summed E-state index contributed by atoms with van der Waals surface area (Å²) in [4.78, 5) is 15.7. The Morgan fingerprint density at radius 2 is 2.03 bits per heavy atom. The van der Waals surface area contributed by atoms with E-state index in [1.165, 1.54) is 19.2 Å². The largest absolute Gasteiger partial charge is 0.475 e. The Hall–Kier alpha value is -2.79. The Kier molecular flexibility index (Phi) is 7.62. The van der Waals surface area contributed by atoms with E-state index in [1.54, 1.807) is 0 Å². The fraction of sp³-hybridized carbons (Fsp3) is 0.429. The molecule has 0 unspecified atom stereocenters. The van der Waals surface area contributed by atoms with Crippen molar-refractivity contribution in [3.63, 3.8) is 0 Å². The van der Waals surface area contributed by atoms with Gasteiger partial charge in [0.25, 0.3) is 0 Å². The lowest BCUT2D eigenvalue weighted by Crippen LogP contribution is -2.40. The van der Waals surface area contributed by atoms with E-state index in [9.17, 15) is 26.7 Å². The monoisotopic (exact) mass is 459 g/mol. The first-order valence-corrected chi connectivity index (χ1v) is 9.82. The summed E-state index contributed by atoms with van der Waals surface area (Å²) in [6.07, 6.45) is -5.72. The molecule has 11 heteroatoms. The van der Waals surface area contributed by atoms with Crippen LogP contribution in [0.25, 0.3) is 11.1 Å². The van der Waals surface area contributed by atoms with Gasteiger partial charge in [0.15, 0.2) is 0 Å². The third kappa shape index (κ3) is 6.13. The number of amides is 1. The molecule has 0 radical (unpaired) electrons. The van der Waals surface area contributed by atoms with Gasteiger partial charge >= 0.3 is 6.18 Å². The normalized spacial score (nSPS) is 18.6. The lowest BCUT2D eigenvalue weighted by molar-refractivity contribution is -0.141. The molecule has 0 aliphatic carbocycles. The number of benzene rings is 1. The lowest BCUT2D eigenvalue weighted by atomic mass is 10.0. The van der Waals surface area contributed by atoms with Crippen molar-refractivity contribution in [2.75, 3.05) is 26.9 Å². The molecule has 0 spiro atoms. The SMILES string of the molecule is COCCOc1nc(C(F)(F)F)ccc1-c1cc(F)cc(CNC(=O)[C@@H]2C[C@@H](F)CN2)c1. The van der Waals surface area contributed by atoms with E-state index < -0.39 is 35.8 Å². The Morgan fingerprint density at radius 1 is 1.25 bits per heavy atom. The van der Waals surface area contributed by atoms with E-state index in [1.807, 2.05) is 0 Å². The summed E-state index contributed by atoms with van der Waals surface area (Å²) >= 11 is 0. The van der Waals surface area contributed by atoms with E-state index in [0.29, 0.717) is 5.56 Å². The second kappa shape index (κ2) is 10.2. The summed E-state index contributed by atoms with van der Waals surface area (Å²) in [7, 11) is 1.41. The predicted octanol–water partition coefficient (Wildman–Crippen LogP) is 3.25. The zero-order valence-electron chi connectivity index (χ0n) is 17.1. The third-order valence-electron chi connectivity index (χ3n) is 4.81. The molecular formula is C21H22F5N3O3. The van der Waals surface area contributed by atoms with Crippen LogP contribution in [-0.2, 0) is 22.3 Å². The molecule has 1 fully saturated rings. The van der Waals surface area contributed by atoms with Crippen LogP contribution in [0.3, 0.4) is 0 Å². The molecule has 0 bridgehead atoms. The number of nitrogens with one attached hydrogen (secondary N) is 2. The van der Waals surface area contributed by atoms with Gasteiger partial charge < -0.3 is 20.1 Å². The van der Waals surface area contributed by atoms with Gasteiger partial charge in [-0.25, -0.2) is 13.8 Å². The average molecular weight is 459 g/mol. The van der Waals surface area contributed by atoms with Gasteiger partial charge in [-0.1, -0.05) is 0 Å².